The number of fused-ring (bicyclic) bond motifs is 1. The first-order chi connectivity index (χ1) is 16.4. The normalized spacial score (nSPS) is 15.9. The van der Waals surface area contributed by atoms with Gasteiger partial charge < -0.3 is 14.2 Å². The molecule has 1 aromatic heterocycles. The predicted octanol–water partition coefficient (Wildman–Crippen LogP) is 5.87. The molecule has 1 aliphatic rings. The Morgan fingerprint density at radius 3 is 2.44 bits per heavy atom. The summed E-state index contributed by atoms with van der Waals surface area (Å²) < 4.78 is 8.34. The Balaban J connectivity index is 1.42. The van der Waals surface area contributed by atoms with Gasteiger partial charge in [0.1, 0.15) is 18.2 Å². The minimum absolute atomic E-state index is 0.0422. The lowest BCUT2D eigenvalue weighted by Gasteiger charge is -2.21. The second-order valence-electron chi connectivity index (χ2n) is 9.35. The van der Waals surface area contributed by atoms with E-state index in [1.54, 1.807) is 0 Å². The van der Waals surface area contributed by atoms with E-state index < -0.39 is 0 Å². The number of aryl methyl sites for hydroxylation is 4. The first-order valence-electron chi connectivity index (χ1n) is 11.9. The van der Waals surface area contributed by atoms with Gasteiger partial charge in [-0.15, -0.1) is 0 Å². The van der Waals surface area contributed by atoms with Crippen molar-refractivity contribution in [1.82, 2.24) is 9.55 Å². The monoisotopic (exact) mass is 453 g/mol. The van der Waals surface area contributed by atoms with E-state index >= 15 is 0 Å². The van der Waals surface area contributed by atoms with Crippen molar-refractivity contribution in [3.8, 4) is 5.75 Å². The molecule has 0 spiro atoms. The highest BCUT2D eigenvalue weighted by Crippen LogP contribution is 2.36. The average molecular weight is 454 g/mol. The summed E-state index contributed by atoms with van der Waals surface area (Å²) in [4.78, 5) is 20.0. The molecule has 2 heterocycles. The second-order valence-corrected chi connectivity index (χ2v) is 9.35. The molecule has 3 aromatic carbocycles. The molecule has 1 atom stereocenters. The number of amides is 1. The Hall–Kier alpha value is -3.60. The molecule has 0 radical (unpaired) electrons. The number of hydrogen-bond donors (Lipinski definition) is 0. The van der Waals surface area contributed by atoms with Gasteiger partial charge >= 0.3 is 0 Å². The summed E-state index contributed by atoms with van der Waals surface area (Å²) in [7, 11) is 0. The minimum atomic E-state index is 0.0422. The lowest BCUT2D eigenvalue weighted by atomic mass is 10.1. The van der Waals surface area contributed by atoms with E-state index in [9.17, 15) is 4.79 Å². The first-order valence-corrected chi connectivity index (χ1v) is 11.9. The number of imidazole rings is 1. The van der Waals surface area contributed by atoms with E-state index in [1.807, 2.05) is 35.2 Å². The van der Waals surface area contributed by atoms with E-state index in [-0.39, 0.29) is 11.8 Å². The number of benzene rings is 3. The number of aromatic nitrogens is 2. The average Bonchev–Trinajstić information content (AvgIpc) is 3.37. The van der Waals surface area contributed by atoms with Crippen LogP contribution in [0.1, 0.15) is 40.4 Å². The fourth-order valence-electron chi connectivity index (χ4n) is 5.03. The van der Waals surface area contributed by atoms with Gasteiger partial charge in [0.2, 0.25) is 5.91 Å². The summed E-state index contributed by atoms with van der Waals surface area (Å²) in [5.74, 6) is 2.05. The number of carbonyl (C=O) groups excluding carboxylic acids is 1. The molecule has 34 heavy (non-hydrogen) atoms. The molecule has 1 amide bonds. The molecule has 4 aromatic rings. The van der Waals surface area contributed by atoms with Crippen molar-refractivity contribution in [2.45, 2.75) is 46.6 Å². The zero-order chi connectivity index (χ0) is 23.8. The molecular weight excluding hydrogens is 422 g/mol. The van der Waals surface area contributed by atoms with Crippen LogP contribution in [-0.4, -0.2) is 28.6 Å². The summed E-state index contributed by atoms with van der Waals surface area (Å²) in [6, 6.07) is 20.6. The van der Waals surface area contributed by atoms with Crippen LogP contribution in [0, 0.1) is 27.7 Å². The molecule has 5 nitrogen and oxygen atoms in total. The summed E-state index contributed by atoms with van der Waals surface area (Å²) in [5, 5.41) is 0. The molecule has 174 valence electrons. The molecule has 1 saturated heterocycles. The topological polar surface area (TPSA) is 47.4 Å². The van der Waals surface area contributed by atoms with Gasteiger partial charge in [0.15, 0.2) is 0 Å². The van der Waals surface area contributed by atoms with E-state index in [0.29, 0.717) is 26.1 Å². The van der Waals surface area contributed by atoms with Crippen molar-refractivity contribution in [3.63, 3.8) is 0 Å². The lowest BCUT2D eigenvalue weighted by Crippen LogP contribution is -2.26. The van der Waals surface area contributed by atoms with Crippen molar-refractivity contribution in [3.05, 3.63) is 88.7 Å². The summed E-state index contributed by atoms with van der Waals surface area (Å²) in [6.07, 6.45) is 0.467. The van der Waals surface area contributed by atoms with E-state index in [2.05, 4.69) is 62.6 Å². The van der Waals surface area contributed by atoms with Crippen molar-refractivity contribution < 1.29 is 9.53 Å². The SMILES string of the molecule is Cc1ccc(OCCn2c(C3CC(=O)N(c4c(C)cccc4C)C3)nc3ccccc32)cc1C. The van der Waals surface area contributed by atoms with Gasteiger partial charge in [0.25, 0.3) is 0 Å². The quantitative estimate of drug-likeness (QED) is 0.367. The number of nitrogens with zero attached hydrogens (tertiary/aromatic N) is 3. The molecule has 0 saturated carbocycles. The van der Waals surface area contributed by atoms with Crippen LogP contribution in [0.5, 0.6) is 5.75 Å². The Labute approximate surface area is 201 Å². The summed E-state index contributed by atoms with van der Waals surface area (Å²) >= 11 is 0. The summed E-state index contributed by atoms with van der Waals surface area (Å²) in [6.45, 7) is 10.2. The fraction of sp³-hybridized carbons (Fsp3) is 0.310. The lowest BCUT2D eigenvalue weighted by molar-refractivity contribution is -0.117. The number of rotatable bonds is 6. The van der Waals surface area contributed by atoms with E-state index in [4.69, 9.17) is 9.72 Å². The third-order valence-electron chi connectivity index (χ3n) is 6.95. The standard InChI is InChI=1S/C29H31N3O2/c1-19-12-13-24(16-22(19)4)34-15-14-31-26-11-6-5-10-25(26)30-29(31)23-17-27(33)32(18-23)28-20(2)8-7-9-21(28)3/h5-13,16,23H,14-15,17-18H2,1-4H3. The first kappa shape index (κ1) is 22.2. The van der Waals surface area contributed by atoms with Crippen molar-refractivity contribution in [2.24, 2.45) is 0 Å². The number of para-hydroxylation sites is 3. The highest BCUT2D eigenvalue weighted by molar-refractivity contribution is 5.98. The summed E-state index contributed by atoms with van der Waals surface area (Å²) in [5.41, 5.74) is 7.82. The van der Waals surface area contributed by atoms with Gasteiger partial charge in [-0.3, -0.25) is 4.79 Å². The zero-order valence-corrected chi connectivity index (χ0v) is 20.3. The third kappa shape index (κ3) is 4.07. The third-order valence-corrected chi connectivity index (χ3v) is 6.95. The number of anilines is 1. The van der Waals surface area contributed by atoms with Gasteiger partial charge in [0, 0.05) is 24.6 Å². The highest BCUT2D eigenvalue weighted by atomic mass is 16.5. The minimum Gasteiger partial charge on any atom is -0.492 e. The van der Waals surface area contributed by atoms with Crippen LogP contribution < -0.4 is 9.64 Å². The maximum atomic E-state index is 13.1. The van der Waals surface area contributed by atoms with Crippen LogP contribution in [0.2, 0.25) is 0 Å². The molecule has 0 bridgehead atoms. The second kappa shape index (κ2) is 8.98. The fourth-order valence-corrected chi connectivity index (χ4v) is 5.03. The van der Waals surface area contributed by atoms with Crippen LogP contribution in [0.3, 0.4) is 0 Å². The Morgan fingerprint density at radius 2 is 1.68 bits per heavy atom. The highest BCUT2D eigenvalue weighted by Gasteiger charge is 2.35. The van der Waals surface area contributed by atoms with E-state index in [0.717, 1.165) is 39.4 Å². The number of hydrogen-bond acceptors (Lipinski definition) is 3. The Bertz CT molecular complexity index is 1350. The molecule has 1 fully saturated rings. The number of carbonyl (C=O) groups is 1. The Morgan fingerprint density at radius 1 is 0.912 bits per heavy atom. The van der Waals surface area contributed by atoms with Crippen molar-refractivity contribution >= 4 is 22.6 Å². The molecule has 0 N–H and O–H groups in total. The maximum absolute atomic E-state index is 13.1. The molecule has 5 rings (SSSR count). The van der Waals surface area contributed by atoms with Gasteiger partial charge in [-0.1, -0.05) is 36.4 Å². The molecule has 1 aliphatic heterocycles. The molecule has 1 unspecified atom stereocenters. The predicted molar refractivity (Wildman–Crippen MR) is 137 cm³/mol. The van der Waals surface area contributed by atoms with Gasteiger partial charge in [-0.05, 0) is 74.2 Å². The molecule has 5 heteroatoms. The van der Waals surface area contributed by atoms with Crippen LogP contribution in [0.15, 0.2) is 60.7 Å². The van der Waals surface area contributed by atoms with Crippen LogP contribution in [-0.2, 0) is 11.3 Å². The maximum Gasteiger partial charge on any atom is 0.227 e. The number of ether oxygens (including phenoxy) is 1. The van der Waals surface area contributed by atoms with Gasteiger partial charge in [-0.2, -0.15) is 0 Å². The van der Waals surface area contributed by atoms with Crippen molar-refractivity contribution in [2.75, 3.05) is 18.1 Å². The van der Waals surface area contributed by atoms with Crippen LogP contribution in [0.25, 0.3) is 11.0 Å². The zero-order valence-electron chi connectivity index (χ0n) is 20.3. The van der Waals surface area contributed by atoms with Crippen LogP contribution >= 0.6 is 0 Å². The largest absolute Gasteiger partial charge is 0.492 e. The van der Waals surface area contributed by atoms with Crippen LogP contribution in [0.4, 0.5) is 5.69 Å². The molecule has 0 aliphatic carbocycles. The van der Waals surface area contributed by atoms with Gasteiger partial charge in [0.05, 0.1) is 17.6 Å². The Kier molecular flexibility index (Phi) is 5.86. The molecular formula is C29H31N3O2. The smallest absolute Gasteiger partial charge is 0.227 e. The van der Waals surface area contributed by atoms with Gasteiger partial charge in [-0.25, -0.2) is 4.98 Å². The van der Waals surface area contributed by atoms with Crippen molar-refractivity contribution in [1.29, 1.82) is 0 Å². The van der Waals surface area contributed by atoms with E-state index in [1.165, 1.54) is 11.1 Å².